The summed E-state index contributed by atoms with van der Waals surface area (Å²) in [5, 5.41) is 0. The Morgan fingerprint density at radius 3 is 1.78 bits per heavy atom. The Morgan fingerprint density at radius 2 is 1.28 bits per heavy atom. The first-order chi connectivity index (χ1) is 8.75. The number of ether oxygens (including phenoxy) is 1. The highest BCUT2D eigenvalue weighted by atomic mass is 16.6. The molecule has 0 aromatic carbocycles. The molecule has 0 aromatic heterocycles. The molecular formula is C15H16O3. The molecule has 6 rings (SSSR count). The van der Waals surface area contributed by atoms with Gasteiger partial charge in [0.25, 0.3) is 0 Å². The van der Waals surface area contributed by atoms with Gasteiger partial charge >= 0.3 is 11.9 Å². The lowest BCUT2D eigenvalue weighted by Crippen LogP contribution is -2.44. The number of esters is 2. The fourth-order valence-electron chi connectivity index (χ4n) is 5.83. The summed E-state index contributed by atoms with van der Waals surface area (Å²) in [6, 6.07) is 0. The van der Waals surface area contributed by atoms with E-state index in [1.165, 1.54) is 19.3 Å². The van der Waals surface area contributed by atoms with Crippen LogP contribution in [0.2, 0.25) is 0 Å². The van der Waals surface area contributed by atoms with Crippen molar-refractivity contribution in [3.05, 3.63) is 11.1 Å². The van der Waals surface area contributed by atoms with Crippen molar-refractivity contribution in [2.24, 2.45) is 35.5 Å². The minimum atomic E-state index is -0.228. The van der Waals surface area contributed by atoms with Crippen molar-refractivity contribution in [3.63, 3.8) is 0 Å². The lowest BCUT2D eigenvalue weighted by atomic mass is 9.54. The molecule has 6 aliphatic rings. The summed E-state index contributed by atoms with van der Waals surface area (Å²) in [6.45, 7) is 0. The van der Waals surface area contributed by atoms with Crippen LogP contribution in [-0.4, -0.2) is 11.9 Å². The molecule has 5 aliphatic carbocycles. The summed E-state index contributed by atoms with van der Waals surface area (Å²) >= 11 is 0. The molecule has 0 aromatic rings. The Kier molecular flexibility index (Phi) is 1.57. The van der Waals surface area contributed by atoms with Crippen molar-refractivity contribution in [2.75, 3.05) is 0 Å². The molecule has 18 heavy (non-hydrogen) atoms. The van der Waals surface area contributed by atoms with Crippen LogP contribution >= 0.6 is 0 Å². The van der Waals surface area contributed by atoms with Gasteiger partial charge in [-0.15, -0.1) is 0 Å². The Bertz CT molecular complexity index is 474. The minimum absolute atomic E-state index is 0.116. The lowest BCUT2D eigenvalue weighted by molar-refractivity contribution is -0.154. The van der Waals surface area contributed by atoms with E-state index in [9.17, 15) is 9.59 Å². The molecule has 94 valence electrons. The third-order valence-electron chi connectivity index (χ3n) is 6.23. The first kappa shape index (κ1) is 9.76. The van der Waals surface area contributed by atoms with E-state index in [1.54, 1.807) is 11.1 Å². The molecule has 0 unspecified atom stereocenters. The molecule has 4 bridgehead atoms. The summed E-state index contributed by atoms with van der Waals surface area (Å²) in [5.41, 5.74) is 3.21. The van der Waals surface area contributed by atoms with E-state index in [2.05, 4.69) is 0 Å². The fraction of sp³-hybridized carbons (Fsp3) is 0.733. The monoisotopic (exact) mass is 244 g/mol. The number of hydrogen-bond donors (Lipinski definition) is 0. The smallest absolute Gasteiger partial charge is 0.318 e. The van der Waals surface area contributed by atoms with Crippen LogP contribution in [0.5, 0.6) is 0 Å². The Morgan fingerprint density at radius 1 is 0.778 bits per heavy atom. The molecule has 1 saturated heterocycles. The summed E-state index contributed by atoms with van der Waals surface area (Å²) < 4.78 is 4.94. The molecule has 3 heteroatoms. The maximum absolute atomic E-state index is 11.9. The highest BCUT2D eigenvalue weighted by Crippen LogP contribution is 2.65. The quantitative estimate of drug-likeness (QED) is 0.372. The van der Waals surface area contributed by atoms with Crippen LogP contribution in [0.1, 0.15) is 32.1 Å². The molecule has 0 radical (unpaired) electrons. The second kappa shape index (κ2) is 2.89. The number of carbonyl (C=O) groups excluding carboxylic acids is 2. The van der Waals surface area contributed by atoms with Crippen molar-refractivity contribution in [2.45, 2.75) is 32.1 Å². The van der Waals surface area contributed by atoms with E-state index in [4.69, 9.17) is 4.74 Å². The van der Waals surface area contributed by atoms with E-state index < -0.39 is 0 Å². The third-order valence-corrected chi connectivity index (χ3v) is 6.23. The first-order valence-electron chi connectivity index (χ1n) is 7.25. The number of fused-ring (bicyclic) bond motifs is 3. The van der Waals surface area contributed by atoms with Crippen molar-refractivity contribution in [1.29, 1.82) is 0 Å². The van der Waals surface area contributed by atoms with Crippen LogP contribution < -0.4 is 0 Å². The van der Waals surface area contributed by atoms with Gasteiger partial charge in [0.2, 0.25) is 0 Å². The van der Waals surface area contributed by atoms with E-state index >= 15 is 0 Å². The molecule has 3 fully saturated rings. The largest absolute Gasteiger partial charge is 0.393 e. The van der Waals surface area contributed by atoms with Crippen molar-refractivity contribution < 1.29 is 14.3 Å². The van der Waals surface area contributed by atoms with Crippen LogP contribution in [0.15, 0.2) is 11.1 Å². The third kappa shape index (κ3) is 0.886. The van der Waals surface area contributed by atoms with Gasteiger partial charge in [-0.25, -0.2) is 0 Å². The second-order valence-electron chi connectivity index (χ2n) is 6.70. The van der Waals surface area contributed by atoms with Gasteiger partial charge < -0.3 is 4.74 Å². The van der Waals surface area contributed by atoms with Crippen LogP contribution in [0, 0.1) is 35.5 Å². The topological polar surface area (TPSA) is 43.4 Å². The Hall–Kier alpha value is -1.12. The maximum atomic E-state index is 11.9. The average molecular weight is 244 g/mol. The summed E-state index contributed by atoms with van der Waals surface area (Å²) in [6.07, 6.45) is 6.15. The van der Waals surface area contributed by atoms with Crippen LogP contribution in [0.25, 0.3) is 0 Å². The molecule has 3 nitrogen and oxygen atoms in total. The van der Waals surface area contributed by atoms with E-state index in [0.29, 0.717) is 11.8 Å². The van der Waals surface area contributed by atoms with Gasteiger partial charge in [0.15, 0.2) is 0 Å². The molecule has 1 heterocycles. The average Bonchev–Trinajstić information content (AvgIpc) is 3.06. The Balaban J connectivity index is 1.71. The van der Waals surface area contributed by atoms with Crippen molar-refractivity contribution in [1.82, 2.24) is 0 Å². The fourth-order valence-corrected chi connectivity index (χ4v) is 5.83. The maximum Gasteiger partial charge on any atom is 0.318 e. The molecule has 0 N–H and O–H groups in total. The highest BCUT2D eigenvalue weighted by molar-refractivity contribution is 5.98. The zero-order valence-corrected chi connectivity index (χ0v) is 10.2. The van der Waals surface area contributed by atoms with Crippen molar-refractivity contribution >= 4 is 11.9 Å². The molecule has 6 atom stereocenters. The van der Waals surface area contributed by atoms with Crippen LogP contribution in [0.4, 0.5) is 0 Å². The predicted molar refractivity (Wildman–Crippen MR) is 62.2 cm³/mol. The van der Waals surface area contributed by atoms with Crippen molar-refractivity contribution in [3.8, 4) is 0 Å². The molecule has 0 spiro atoms. The minimum Gasteiger partial charge on any atom is -0.393 e. The van der Waals surface area contributed by atoms with Crippen LogP contribution in [-0.2, 0) is 14.3 Å². The van der Waals surface area contributed by atoms with E-state index in [1.807, 2.05) is 0 Å². The molecule has 1 aliphatic heterocycles. The predicted octanol–water partition coefficient (Wildman–Crippen LogP) is 2.07. The van der Waals surface area contributed by atoms with E-state index in [0.717, 1.165) is 24.7 Å². The van der Waals surface area contributed by atoms with Gasteiger partial charge in [0, 0.05) is 0 Å². The van der Waals surface area contributed by atoms with Gasteiger partial charge in [-0.3, -0.25) is 9.59 Å². The number of hydrogen-bond acceptors (Lipinski definition) is 3. The van der Waals surface area contributed by atoms with E-state index in [-0.39, 0.29) is 23.8 Å². The van der Waals surface area contributed by atoms with Gasteiger partial charge in [0.05, 0.1) is 11.8 Å². The summed E-state index contributed by atoms with van der Waals surface area (Å²) in [5.74, 6) is 1.49. The zero-order valence-electron chi connectivity index (χ0n) is 10.2. The highest BCUT2D eigenvalue weighted by Gasteiger charge is 2.63. The summed E-state index contributed by atoms with van der Waals surface area (Å²) in [7, 11) is 0. The van der Waals surface area contributed by atoms with Gasteiger partial charge in [-0.2, -0.15) is 0 Å². The van der Waals surface area contributed by atoms with Gasteiger partial charge in [-0.05, 0) is 55.8 Å². The second-order valence-corrected chi connectivity index (χ2v) is 6.70. The number of carbonyl (C=O) groups is 2. The molecule has 0 amide bonds. The SMILES string of the molecule is O=C1OC(=O)[C@H]2[C@H]1[C@H]1CC[C@H]2C2=C1[C@H]1CC[C@H]2C1. The van der Waals surface area contributed by atoms with Gasteiger partial charge in [-0.1, -0.05) is 11.1 Å². The Labute approximate surface area is 106 Å². The number of cyclic esters (lactones) is 2. The normalized spacial score (nSPS) is 51.8. The standard InChI is InChI=1S/C15H16O3/c16-14-12-8-3-4-9(13(12)15(17)18-14)11-7-2-1-6(5-7)10(8)11/h6-9,12-13H,1-5H2/t6-,7-,8-,9-,12+,13+/m0/s1. The first-order valence-corrected chi connectivity index (χ1v) is 7.25. The molecule has 2 saturated carbocycles. The number of rotatable bonds is 0. The summed E-state index contributed by atoms with van der Waals surface area (Å²) in [4.78, 5) is 23.9. The lowest BCUT2D eigenvalue weighted by Gasteiger charge is -2.47. The molecular weight excluding hydrogens is 228 g/mol. The zero-order chi connectivity index (χ0) is 12.0. The van der Waals surface area contributed by atoms with Gasteiger partial charge in [0.1, 0.15) is 0 Å². The van der Waals surface area contributed by atoms with Crippen LogP contribution in [0.3, 0.4) is 0 Å². The number of allylic oxidation sites excluding steroid dienone is 2.